The zero-order valence-corrected chi connectivity index (χ0v) is 12.5. The number of hydrogen-bond donors (Lipinski definition) is 1. The van der Waals surface area contributed by atoms with Crippen LogP contribution in [0.2, 0.25) is 0 Å². The van der Waals surface area contributed by atoms with Crippen LogP contribution in [0.5, 0.6) is 0 Å². The van der Waals surface area contributed by atoms with E-state index in [9.17, 15) is 12.8 Å². The number of hydrogen-bond acceptors (Lipinski definition) is 2. The van der Waals surface area contributed by atoms with Gasteiger partial charge in [0.1, 0.15) is 5.82 Å². The molecule has 0 fully saturated rings. The normalized spacial score (nSPS) is 11.1. The molecule has 0 bridgehead atoms. The Morgan fingerprint density at radius 2 is 1.86 bits per heavy atom. The van der Waals surface area contributed by atoms with Gasteiger partial charge in [-0.3, -0.25) is 4.72 Å². The van der Waals surface area contributed by atoms with E-state index in [1.165, 1.54) is 24.3 Å². The molecule has 0 unspecified atom stereocenters. The summed E-state index contributed by atoms with van der Waals surface area (Å²) in [6, 6.07) is 10.8. The molecule has 2 aromatic carbocycles. The van der Waals surface area contributed by atoms with Gasteiger partial charge in [-0.15, -0.1) is 6.58 Å². The number of para-hydroxylation sites is 1. The van der Waals surface area contributed by atoms with Gasteiger partial charge in [-0.1, -0.05) is 35.9 Å². The van der Waals surface area contributed by atoms with Crippen LogP contribution in [0, 0.1) is 12.7 Å². The molecular weight excluding hydrogens is 289 g/mol. The maximum atomic E-state index is 13.9. The molecule has 0 saturated carbocycles. The average Bonchev–Trinajstić information content (AvgIpc) is 2.43. The lowest BCUT2D eigenvalue weighted by atomic mass is 10.1. The van der Waals surface area contributed by atoms with Gasteiger partial charge in [-0.05, 0) is 37.1 Å². The van der Waals surface area contributed by atoms with E-state index in [1.807, 2.05) is 6.92 Å². The van der Waals surface area contributed by atoms with E-state index in [1.54, 1.807) is 24.3 Å². The van der Waals surface area contributed by atoms with Gasteiger partial charge in [-0.2, -0.15) is 0 Å². The van der Waals surface area contributed by atoms with Crippen LogP contribution in [0.4, 0.5) is 10.1 Å². The molecule has 5 heteroatoms. The number of rotatable bonds is 5. The van der Waals surface area contributed by atoms with Crippen LogP contribution in [0.3, 0.4) is 0 Å². The van der Waals surface area contributed by atoms with Crippen LogP contribution in [0.1, 0.15) is 11.1 Å². The van der Waals surface area contributed by atoms with Gasteiger partial charge in [0, 0.05) is 0 Å². The molecule has 110 valence electrons. The molecular formula is C16H16FNO2S. The number of benzene rings is 2. The summed E-state index contributed by atoms with van der Waals surface area (Å²) in [7, 11) is -3.82. The number of nitrogens with one attached hydrogen (secondary N) is 1. The first-order valence-corrected chi connectivity index (χ1v) is 7.90. The fraction of sp³-hybridized carbons (Fsp3) is 0.125. The zero-order chi connectivity index (χ0) is 15.5. The maximum absolute atomic E-state index is 13.9. The summed E-state index contributed by atoms with van der Waals surface area (Å²) < 4.78 is 40.9. The largest absolute Gasteiger partial charge is 0.276 e. The fourth-order valence-corrected chi connectivity index (χ4v) is 3.03. The molecule has 0 amide bonds. The van der Waals surface area contributed by atoms with Crippen molar-refractivity contribution in [1.29, 1.82) is 0 Å². The third-order valence-electron chi connectivity index (χ3n) is 3.03. The molecule has 0 atom stereocenters. The SMILES string of the molecule is C=CCc1cccc(F)c1NS(=O)(=O)c1ccc(C)cc1. The van der Waals surface area contributed by atoms with Crippen molar-refractivity contribution in [1.82, 2.24) is 0 Å². The van der Waals surface area contributed by atoms with E-state index >= 15 is 0 Å². The monoisotopic (exact) mass is 305 g/mol. The third-order valence-corrected chi connectivity index (χ3v) is 4.40. The molecule has 0 aliphatic carbocycles. The van der Waals surface area contributed by atoms with E-state index < -0.39 is 15.8 Å². The van der Waals surface area contributed by atoms with Crippen molar-refractivity contribution in [2.24, 2.45) is 0 Å². The minimum atomic E-state index is -3.82. The van der Waals surface area contributed by atoms with E-state index in [0.29, 0.717) is 12.0 Å². The Hall–Kier alpha value is -2.14. The van der Waals surface area contributed by atoms with Crippen molar-refractivity contribution in [3.63, 3.8) is 0 Å². The Balaban J connectivity index is 2.41. The summed E-state index contributed by atoms with van der Waals surface area (Å²) in [5.74, 6) is -0.606. The van der Waals surface area contributed by atoms with Crippen molar-refractivity contribution >= 4 is 15.7 Å². The highest BCUT2D eigenvalue weighted by Crippen LogP contribution is 2.24. The molecule has 1 N–H and O–H groups in total. The maximum Gasteiger partial charge on any atom is 0.261 e. The highest BCUT2D eigenvalue weighted by molar-refractivity contribution is 7.92. The Kier molecular flexibility index (Phi) is 4.43. The number of allylic oxidation sites excluding steroid dienone is 1. The van der Waals surface area contributed by atoms with Crippen molar-refractivity contribution in [3.8, 4) is 0 Å². The van der Waals surface area contributed by atoms with Gasteiger partial charge in [-0.25, -0.2) is 12.8 Å². The van der Waals surface area contributed by atoms with Crippen molar-refractivity contribution in [3.05, 3.63) is 72.1 Å². The van der Waals surface area contributed by atoms with Crippen molar-refractivity contribution in [2.45, 2.75) is 18.2 Å². The molecule has 0 aliphatic rings. The number of anilines is 1. The number of sulfonamides is 1. The molecule has 21 heavy (non-hydrogen) atoms. The fourth-order valence-electron chi connectivity index (χ4n) is 1.92. The molecule has 0 heterocycles. The van der Waals surface area contributed by atoms with Crippen LogP contribution in [0.15, 0.2) is 60.0 Å². The van der Waals surface area contributed by atoms with E-state index in [0.717, 1.165) is 5.56 Å². The minimum Gasteiger partial charge on any atom is -0.276 e. The first-order valence-electron chi connectivity index (χ1n) is 6.42. The molecule has 0 spiro atoms. The third kappa shape index (κ3) is 3.49. The zero-order valence-electron chi connectivity index (χ0n) is 11.6. The summed E-state index contributed by atoms with van der Waals surface area (Å²) in [4.78, 5) is 0.0981. The molecule has 3 nitrogen and oxygen atoms in total. The van der Waals surface area contributed by atoms with Gasteiger partial charge in [0.05, 0.1) is 10.6 Å². The summed E-state index contributed by atoms with van der Waals surface area (Å²) in [6.07, 6.45) is 1.97. The molecule has 0 aliphatic heterocycles. The lowest BCUT2D eigenvalue weighted by Gasteiger charge is -2.13. The Morgan fingerprint density at radius 1 is 1.19 bits per heavy atom. The van der Waals surface area contributed by atoms with Gasteiger partial charge in [0.2, 0.25) is 0 Å². The quantitative estimate of drug-likeness (QED) is 0.857. The molecule has 0 saturated heterocycles. The van der Waals surface area contributed by atoms with Gasteiger partial charge in [0.15, 0.2) is 0 Å². The van der Waals surface area contributed by atoms with Crippen LogP contribution in [0.25, 0.3) is 0 Å². The molecule has 0 aromatic heterocycles. The Morgan fingerprint density at radius 3 is 2.48 bits per heavy atom. The molecule has 0 radical (unpaired) electrons. The first-order chi connectivity index (χ1) is 9.94. The minimum absolute atomic E-state index is 0.0297. The summed E-state index contributed by atoms with van der Waals surface area (Å²) in [5, 5.41) is 0. The predicted octanol–water partition coefficient (Wildman–Crippen LogP) is 3.66. The second-order valence-corrected chi connectivity index (χ2v) is 6.37. The van der Waals surface area contributed by atoms with Crippen LogP contribution in [-0.4, -0.2) is 8.42 Å². The van der Waals surface area contributed by atoms with Crippen molar-refractivity contribution < 1.29 is 12.8 Å². The lowest BCUT2D eigenvalue weighted by molar-refractivity contribution is 0.598. The number of aryl methyl sites for hydroxylation is 1. The second kappa shape index (κ2) is 6.10. The Labute approximate surface area is 124 Å². The highest BCUT2D eigenvalue weighted by Gasteiger charge is 2.18. The highest BCUT2D eigenvalue weighted by atomic mass is 32.2. The van der Waals surface area contributed by atoms with Gasteiger partial charge >= 0.3 is 0 Å². The summed E-state index contributed by atoms with van der Waals surface area (Å²) in [6.45, 7) is 5.46. The average molecular weight is 305 g/mol. The van der Waals surface area contributed by atoms with Crippen LogP contribution in [-0.2, 0) is 16.4 Å². The predicted molar refractivity (Wildman–Crippen MR) is 82.3 cm³/mol. The smallest absolute Gasteiger partial charge is 0.261 e. The lowest BCUT2D eigenvalue weighted by Crippen LogP contribution is -2.15. The van der Waals surface area contributed by atoms with E-state index in [-0.39, 0.29) is 10.6 Å². The topological polar surface area (TPSA) is 46.2 Å². The van der Waals surface area contributed by atoms with Gasteiger partial charge in [0.25, 0.3) is 10.0 Å². The van der Waals surface area contributed by atoms with Crippen LogP contribution < -0.4 is 4.72 Å². The summed E-state index contributed by atoms with van der Waals surface area (Å²) >= 11 is 0. The summed E-state index contributed by atoms with van der Waals surface area (Å²) in [5.41, 5.74) is 1.46. The van der Waals surface area contributed by atoms with Crippen molar-refractivity contribution in [2.75, 3.05) is 4.72 Å². The standard InChI is InChI=1S/C16H16FNO2S/c1-3-5-13-6-4-7-15(17)16(13)18-21(19,20)14-10-8-12(2)9-11-14/h3-4,6-11,18H,1,5H2,2H3. The Bertz CT molecular complexity index is 752. The second-order valence-electron chi connectivity index (χ2n) is 4.69. The first kappa shape index (κ1) is 15.3. The molecule has 2 aromatic rings. The number of halogens is 1. The molecule has 2 rings (SSSR count). The van der Waals surface area contributed by atoms with E-state index in [2.05, 4.69) is 11.3 Å². The van der Waals surface area contributed by atoms with Crippen LogP contribution >= 0.6 is 0 Å². The van der Waals surface area contributed by atoms with E-state index in [4.69, 9.17) is 0 Å². The van der Waals surface area contributed by atoms with Gasteiger partial charge < -0.3 is 0 Å².